The number of nitrogens with zero attached hydrogens (tertiary/aromatic N) is 3. The number of piperidine rings is 1. The van der Waals surface area contributed by atoms with Crippen LogP contribution in [-0.2, 0) is 4.74 Å². The van der Waals surface area contributed by atoms with Gasteiger partial charge in [-0.3, -0.25) is 0 Å². The maximum Gasteiger partial charge on any atom is 0.221 e. The van der Waals surface area contributed by atoms with Gasteiger partial charge < -0.3 is 20.5 Å². The zero-order valence-electron chi connectivity index (χ0n) is 11.9. The summed E-state index contributed by atoms with van der Waals surface area (Å²) >= 11 is 0. The van der Waals surface area contributed by atoms with Gasteiger partial charge in [-0.15, -0.1) is 0 Å². The zero-order chi connectivity index (χ0) is 14.2. The van der Waals surface area contributed by atoms with Crippen LogP contribution in [0.25, 0.3) is 0 Å². The van der Waals surface area contributed by atoms with Gasteiger partial charge in [-0.2, -0.15) is 4.98 Å². The first-order chi connectivity index (χ1) is 9.61. The second-order valence-corrected chi connectivity index (χ2v) is 5.79. The molecule has 2 saturated heterocycles. The molecule has 0 bridgehead atoms. The number of rotatable bonds is 1. The van der Waals surface area contributed by atoms with E-state index in [2.05, 4.69) is 14.9 Å². The van der Waals surface area contributed by atoms with Gasteiger partial charge in [0.05, 0.1) is 11.7 Å². The second-order valence-electron chi connectivity index (χ2n) is 5.79. The third kappa shape index (κ3) is 2.33. The van der Waals surface area contributed by atoms with E-state index < -0.39 is 0 Å². The van der Waals surface area contributed by atoms with Crippen molar-refractivity contribution in [3.05, 3.63) is 11.8 Å². The summed E-state index contributed by atoms with van der Waals surface area (Å²) in [5.74, 6) is 1.21. The Labute approximate surface area is 119 Å². The normalized spacial score (nSPS) is 25.9. The summed E-state index contributed by atoms with van der Waals surface area (Å²) in [5, 5.41) is 10.3. The van der Waals surface area contributed by atoms with Crippen molar-refractivity contribution in [2.24, 2.45) is 0 Å². The fourth-order valence-corrected chi connectivity index (χ4v) is 3.25. The third-order valence-corrected chi connectivity index (χ3v) is 4.49. The molecule has 6 nitrogen and oxygen atoms in total. The van der Waals surface area contributed by atoms with E-state index in [1.165, 1.54) is 0 Å². The molecule has 2 aliphatic heterocycles. The highest BCUT2D eigenvalue weighted by molar-refractivity contribution is 5.48. The average Bonchev–Trinajstić information content (AvgIpc) is 2.46. The molecule has 0 amide bonds. The summed E-state index contributed by atoms with van der Waals surface area (Å²) < 4.78 is 5.92. The smallest absolute Gasteiger partial charge is 0.221 e. The Balaban J connectivity index is 1.73. The van der Waals surface area contributed by atoms with Gasteiger partial charge in [-0.05, 0) is 32.6 Å². The highest BCUT2D eigenvalue weighted by Gasteiger charge is 2.43. The topological polar surface area (TPSA) is 84.5 Å². The lowest BCUT2D eigenvalue weighted by Gasteiger charge is -2.47. The van der Waals surface area contributed by atoms with Gasteiger partial charge in [-0.1, -0.05) is 0 Å². The average molecular weight is 278 g/mol. The molecule has 0 saturated carbocycles. The van der Waals surface area contributed by atoms with Crippen molar-refractivity contribution in [2.75, 3.05) is 30.3 Å². The van der Waals surface area contributed by atoms with Crippen LogP contribution in [0, 0.1) is 6.92 Å². The van der Waals surface area contributed by atoms with Crippen LogP contribution in [0.4, 0.5) is 11.8 Å². The lowest BCUT2D eigenvalue weighted by Crippen LogP contribution is -2.55. The van der Waals surface area contributed by atoms with Gasteiger partial charge in [0.1, 0.15) is 5.82 Å². The molecule has 110 valence electrons. The van der Waals surface area contributed by atoms with Gasteiger partial charge >= 0.3 is 0 Å². The molecular formula is C14H22N4O2. The molecule has 3 rings (SSSR count). The summed E-state index contributed by atoms with van der Waals surface area (Å²) in [6.07, 6.45) is 4.88. The minimum absolute atomic E-state index is 0.305. The molecule has 0 aromatic carbocycles. The van der Waals surface area contributed by atoms with Crippen molar-refractivity contribution in [1.29, 1.82) is 0 Å². The Kier molecular flexibility index (Phi) is 3.52. The maximum absolute atomic E-state index is 10.3. The Morgan fingerprint density at radius 2 is 2.20 bits per heavy atom. The number of nitrogen functional groups attached to an aromatic ring is 1. The first-order valence-electron chi connectivity index (χ1n) is 7.27. The number of hydrogen-bond donors (Lipinski definition) is 2. The molecule has 1 spiro atoms. The van der Waals surface area contributed by atoms with Crippen LogP contribution < -0.4 is 10.6 Å². The molecule has 1 atom stereocenters. The van der Waals surface area contributed by atoms with Crippen molar-refractivity contribution in [3.63, 3.8) is 0 Å². The van der Waals surface area contributed by atoms with E-state index in [9.17, 15) is 5.11 Å². The van der Waals surface area contributed by atoms with Crippen LogP contribution in [-0.4, -0.2) is 46.5 Å². The number of aryl methyl sites for hydroxylation is 1. The summed E-state index contributed by atoms with van der Waals surface area (Å²) in [4.78, 5) is 10.6. The highest BCUT2D eigenvalue weighted by Crippen LogP contribution is 2.36. The number of anilines is 2. The number of hydrogen-bond acceptors (Lipinski definition) is 6. The molecule has 1 aromatic heterocycles. The third-order valence-electron chi connectivity index (χ3n) is 4.49. The van der Waals surface area contributed by atoms with Crippen LogP contribution in [0.2, 0.25) is 0 Å². The number of aromatic nitrogens is 2. The van der Waals surface area contributed by atoms with Crippen molar-refractivity contribution < 1.29 is 9.84 Å². The van der Waals surface area contributed by atoms with Crippen LogP contribution in [0.3, 0.4) is 0 Å². The summed E-state index contributed by atoms with van der Waals surface area (Å²) in [6, 6.07) is 0. The Morgan fingerprint density at radius 3 is 2.90 bits per heavy atom. The van der Waals surface area contributed by atoms with Gasteiger partial charge in [0.2, 0.25) is 5.95 Å². The highest BCUT2D eigenvalue weighted by atomic mass is 16.5. The molecule has 1 aromatic rings. The zero-order valence-corrected chi connectivity index (χ0v) is 11.9. The Bertz CT molecular complexity index is 486. The minimum atomic E-state index is -0.346. The number of aliphatic hydroxyl groups is 1. The standard InChI is InChI=1S/C14H22N4O2/c1-10-9-16-13(15)17-12(10)18-6-4-14(5-7-18)11(19)3-2-8-20-14/h9,11,19H,2-8H2,1H3,(H2,15,16,17)/t11-/m1/s1. The van der Waals surface area contributed by atoms with E-state index in [1.807, 2.05) is 6.92 Å². The molecule has 0 unspecified atom stereocenters. The number of aliphatic hydroxyl groups excluding tert-OH is 1. The molecule has 20 heavy (non-hydrogen) atoms. The molecule has 3 N–H and O–H groups in total. The molecule has 0 radical (unpaired) electrons. The van der Waals surface area contributed by atoms with Crippen LogP contribution in [0.1, 0.15) is 31.2 Å². The van der Waals surface area contributed by atoms with Crippen LogP contribution in [0.5, 0.6) is 0 Å². The van der Waals surface area contributed by atoms with Crippen molar-refractivity contribution in [2.45, 2.75) is 44.3 Å². The lowest BCUT2D eigenvalue weighted by molar-refractivity contribution is -0.164. The maximum atomic E-state index is 10.3. The van der Waals surface area contributed by atoms with E-state index in [-0.39, 0.29) is 11.7 Å². The van der Waals surface area contributed by atoms with Gasteiger partial charge in [0.15, 0.2) is 0 Å². The summed E-state index contributed by atoms with van der Waals surface area (Å²) in [7, 11) is 0. The molecule has 6 heteroatoms. The first-order valence-corrected chi connectivity index (χ1v) is 7.27. The minimum Gasteiger partial charge on any atom is -0.390 e. The van der Waals surface area contributed by atoms with Crippen molar-refractivity contribution in [1.82, 2.24) is 9.97 Å². The largest absolute Gasteiger partial charge is 0.390 e. The monoisotopic (exact) mass is 278 g/mol. The SMILES string of the molecule is Cc1cnc(N)nc1N1CCC2(CC1)OCCC[C@H]2O. The van der Waals surface area contributed by atoms with E-state index in [0.29, 0.717) is 5.95 Å². The first kappa shape index (κ1) is 13.6. The van der Waals surface area contributed by atoms with E-state index >= 15 is 0 Å². The molecule has 3 heterocycles. The number of ether oxygens (including phenoxy) is 1. The van der Waals surface area contributed by atoms with E-state index in [0.717, 1.165) is 56.8 Å². The summed E-state index contributed by atoms with van der Waals surface area (Å²) in [6.45, 7) is 4.41. The van der Waals surface area contributed by atoms with Gasteiger partial charge in [0, 0.05) is 31.5 Å². The van der Waals surface area contributed by atoms with Gasteiger partial charge in [0.25, 0.3) is 0 Å². The van der Waals surface area contributed by atoms with Crippen molar-refractivity contribution >= 4 is 11.8 Å². The second kappa shape index (κ2) is 5.18. The summed E-state index contributed by atoms with van der Waals surface area (Å²) in [5.41, 5.74) is 6.36. The Hall–Kier alpha value is -1.40. The van der Waals surface area contributed by atoms with Gasteiger partial charge in [-0.25, -0.2) is 4.98 Å². The number of nitrogens with two attached hydrogens (primary N) is 1. The fraction of sp³-hybridized carbons (Fsp3) is 0.714. The molecule has 0 aliphatic carbocycles. The van der Waals surface area contributed by atoms with Crippen LogP contribution >= 0.6 is 0 Å². The Morgan fingerprint density at radius 1 is 1.45 bits per heavy atom. The van der Waals surface area contributed by atoms with Crippen molar-refractivity contribution in [3.8, 4) is 0 Å². The fourth-order valence-electron chi connectivity index (χ4n) is 3.25. The quantitative estimate of drug-likeness (QED) is 0.793. The predicted octanol–water partition coefficient (Wildman–Crippen LogP) is 0.878. The van der Waals surface area contributed by atoms with Crippen LogP contribution in [0.15, 0.2) is 6.20 Å². The molecule has 2 fully saturated rings. The molecule has 2 aliphatic rings. The lowest BCUT2D eigenvalue weighted by atomic mass is 9.82. The predicted molar refractivity (Wildman–Crippen MR) is 76.6 cm³/mol. The van der Waals surface area contributed by atoms with E-state index in [4.69, 9.17) is 10.5 Å². The van der Waals surface area contributed by atoms with E-state index in [1.54, 1.807) is 6.20 Å². The molecular weight excluding hydrogens is 256 g/mol.